The molecule has 1 aromatic carbocycles. The Hall–Kier alpha value is -0.600. The normalized spacial score (nSPS) is 11.9. The van der Waals surface area contributed by atoms with Crippen molar-refractivity contribution in [3.63, 3.8) is 0 Å². The Balaban J connectivity index is 3.18. The maximum Gasteiger partial charge on any atom is 0.152 e. The van der Waals surface area contributed by atoms with Gasteiger partial charge in [-0.2, -0.15) is 5.26 Å². The number of ketones is 1. The molecule has 78 valence electrons. The van der Waals surface area contributed by atoms with E-state index in [0.29, 0.717) is 0 Å². The van der Waals surface area contributed by atoms with Gasteiger partial charge in [0.15, 0.2) is 5.78 Å². The predicted octanol–water partition coefficient (Wildman–Crippen LogP) is 3.23. The standard InChI is InChI=1S/C11H9ClINO/c1-7(15)11(12)10-6-9(13)3-2-8(10)4-5-14/h2-3,6,11H,4H2,1H3. The van der Waals surface area contributed by atoms with Crippen LogP contribution in [0, 0.1) is 14.9 Å². The Kier molecular flexibility index (Phi) is 4.55. The second-order valence-electron chi connectivity index (χ2n) is 3.15. The van der Waals surface area contributed by atoms with Crippen molar-refractivity contribution in [1.29, 1.82) is 5.26 Å². The Morgan fingerprint density at radius 2 is 2.33 bits per heavy atom. The Morgan fingerprint density at radius 3 is 2.87 bits per heavy atom. The minimum absolute atomic E-state index is 0.0992. The van der Waals surface area contributed by atoms with Gasteiger partial charge in [-0.25, -0.2) is 0 Å². The summed E-state index contributed by atoms with van der Waals surface area (Å²) >= 11 is 8.15. The monoisotopic (exact) mass is 333 g/mol. The smallest absolute Gasteiger partial charge is 0.152 e. The Labute approximate surface area is 107 Å². The van der Waals surface area contributed by atoms with Crippen molar-refractivity contribution in [3.05, 3.63) is 32.9 Å². The summed E-state index contributed by atoms with van der Waals surface area (Å²) in [5, 5.41) is 8.00. The number of hydrogen-bond acceptors (Lipinski definition) is 2. The number of nitrogens with zero attached hydrogens (tertiary/aromatic N) is 1. The number of Topliss-reactive ketones (excluding diaryl/α,β-unsaturated/α-hetero) is 1. The van der Waals surface area contributed by atoms with Crippen LogP contribution in [0.15, 0.2) is 18.2 Å². The summed E-state index contributed by atoms with van der Waals surface area (Å²) in [6, 6.07) is 7.67. The first-order chi connectivity index (χ1) is 7.06. The van der Waals surface area contributed by atoms with Crippen molar-refractivity contribution >= 4 is 40.0 Å². The van der Waals surface area contributed by atoms with Crippen molar-refractivity contribution in [2.45, 2.75) is 18.7 Å². The lowest BCUT2D eigenvalue weighted by atomic mass is 10.0. The number of benzene rings is 1. The van der Waals surface area contributed by atoms with E-state index >= 15 is 0 Å². The van der Waals surface area contributed by atoms with Gasteiger partial charge in [0.25, 0.3) is 0 Å². The highest BCUT2D eigenvalue weighted by Gasteiger charge is 2.17. The first-order valence-corrected chi connectivity index (χ1v) is 5.87. The van der Waals surface area contributed by atoms with Gasteiger partial charge in [-0.15, -0.1) is 11.6 Å². The predicted molar refractivity (Wildman–Crippen MR) is 67.8 cm³/mol. The van der Waals surface area contributed by atoms with Gasteiger partial charge in [-0.05, 0) is 52.8 Å². The molecule has 0 radical (unpaired) electrons. The molecule has 0 N–H and O–H groups in total. The number of rotatable bonds is 3. The van der Waals surface area contributed by atoms with Gasteiger partial charge in [0.05, 0.1) is 12.5 Å². The van der Waals surface area contributed by atoms with Gasteiger partial charge in [0.2, 0.25) is 0 Å². The van der Waals surface area contributed by atoms with Crippen LogP contribution in [0.3, 0.4) is 0 Å². The molecule has 1 atom stereocenters. The van der Waals surface area contributed by atoms with Gasteiger partial charge in [0, 0.05) is 3.57 Å². The van der Waals surface area contributed by atoms with Crippen LogP contribution in [-0.4, -0.2) is 5.78 Å². The fourth-order valence-electron chi connectivity index (χ4n) is 1.27. The summed E-state index contributed by atoms with van der Waals surface area (Å²) in [6.45, 7) is 1.45. The van der Waals surface area contributed by atoms with Crippen LogP contribution in [0.4, 0.5) is 0 Å². The van der Waals surface area contributed by atoms with Crippen molar-refractivity contribution < 1.29 is 4.79 Å². The van der Waals surface area contributed by atoms with Crippen LogP contribution in [0.1, 0.15) is 23.4 Å². The van der Waals surface area contributed by atoms with Crippen LogP contribution in [0.2, 0.25) is 0 Å². The van der Waals surface area contributed by atoms with Crippen LogP contribution >= 0.6 is 34.2 Å². The van der Waals surface area contributed by atoms with Crippen LogP contribution in [0.25, 0.3) is 0 Å². The molecule has 0 aliphatic carbocycles. The molecule has 2 nitrogen and oxygen atoms in total. The van der Waals surface area contributed by atoms with Crippen LogP contribution in [0.5, 0.6) is 0 Å². The highest BCUT2D eigenvalue weighted by molar-refractivity contribution is 14.1. The Bertz CT molecular complexity index is 425. The molecular weight excluding hydrogens is 324 g/mol. The largest absolute Gasteiger partial charge is 0.298 e. The fraction of sp³-hybridized carbons (Fsp3) is 0.273. The lowest BCUT2D eigenvalue weighted by Gasteiger charge is -2.11. The van der Waals surface area contributed by atoms with Crippen molar-refractivity contribution in [3.8, 4) is 6.07 Å². The number of carbonyl (C=O) groups is 1. The van der Waals surface area contributed by atoms with Crippen LogP contribution in [-0.2, 0) is 11.2 Å². The molecule has 1 rings (SSSR count). The van der Waals surface area contributed by atoms with Crippen molar-refractivity contribution in [2.24, 2.45) is 0 Å². The minimum atomic E-state index is -0.650. The summed E-state index contributed by atoms with van der Waals surface area (Å²) in [7, 11) is 0. The van der Waals surface area contributed by atoms with Gasteiger partial charge >= 0.3 is 0 Å². The van der Waals surface area contributed by atoms with Gasteiger partial charge in [0.1, 0.15) is 5.38 Å². The van der Waals surface area contributed by atoms with Gasteiger partial charge < -0.3 is 0 Å². The molecule has 0 aliphatic heterocycles. The molecule has 1 unspecified atom stereocenters. The van der Waals surface area contributed by atoms with E-state index in [0.717, 1.165) is 14.7 Å². The number of halogens is 2. The van der Waals surface area contributed by atoms with E-state index in [1.165, 1.54) is 6.92 Å². The molecule has 0 fully saturated rings. The summed E-state index contributed by atoms with van der Waals surface area (Å²) in [5.74, 6) is -0.0992. The zero-order valence-corrected chi connectivity index (χ0v) is 11.0. The zero-order chi connectivity index (χ0) is 11.4. The third-order valence-corrected chi connectivity index (χ3v) is 3.22. The molecule has 0 aliphatic rings. The zero-order valence-electron chi connectivity index (χ0n) is 8.13. The molecule has 0 amide bonds. The average molecular weight is 334 g/mol. The number of carbonyl (C=O) groups excluding carboxylic acids is 1. The minimum Gasteiger partial charge on any atom is -0.298 e. The molecule has 0 aromatic heterocycles. The van der Waals surface area contributed by atoms with Gasteiger partial charge in [-0.3, -0.25) is 4.79 Å². The summed E-state index contributed by atoms with van der Waals surface area (Å²) in [6.07, 6.45) is 0.281. The first kappa shape index (κ1) is 12.5. The van der Waals surface area contributed by atoms with Crippen molar-refractivity contribution in [2.75, 3.05) is 0 Å². The third-order valence-electron chi connectivity index (χ3n) is 2.01. The first-order valence-electron chi connectivity index (χ1n) is 4.36. The SMILES string of the molecule is CC(=O)C(Cl)c1cc(I)ccc1CC#N. The maximum atomic E-state index is 11.2. The number of alkyl halides is 1. The van der Waals surface area contributed by atoms with Crippen LogP contribution < -0.4 is 0 Å². The molecule has 1 aromatic rings. The summed E-state index contributed by atoms with van der Waals surface area (Å²) in [5.41, 5.74) is 1.57. The van der Waals surface area contributed by atoms with E-state index in [9.17, 15) is 4.79 Å². The Morgan fingerprint density at radius 1 is 1.67 bits per heavy atom. The topological polar surface area (TPSA) is 40.9 Å². The molecular formula is C11H9ClINO. The summed E-state index contributed by atoms with van der Waals surface area (Å²) in [4.78, 5) is 11.2. The van der Waals surface area contributed by atoms with Gasteiger partial charge in [-0.1, -0.05) is 6.07 Å². The lowest BCUT2D eigenvalue weighted by molar-refractivity contribution is -0.116. The van der Waals surface area contributed by atoms with E-state index < -0.39 is 5.38 Å². The van der Waals surface area contributed by atoms with E-state index in [1.807, 2.05) is 18.2 Å². The van der Waals surface area contributed by atoms with Crippen molar-refractivity contribution in [1.82, 2.24) is 0 Å². The molecule has 0 saturated heterocycles. The molecule has 0 saturated carbocycles. The second kappa shape index (κ2) is 5.47. The second-order valence-corrected chi connectivity index (χ2v) is 4.83. The fourth-order valence-corrected chi connectivity index (χ4v) is 1.99. The molecule has 0 heterocycles. The lowest BCUT2D eigenvalue weighted by Crippen LogP contribution is -2.05. The molecule has 0 bridgehead atoms. The third kappa shape index (κ3) is 3.18. The molecule has 4 heteroatoms. The summed E-state index contributed by atoms with van der Waals surface area (Å²) < 4.78 is 1.01. The highest BCUT2D eigenvalue weighted by Crippen LogP contribution is 2.27. The quantitative estimate of drug-likeness (QED) is 0.629. The molecule has 15 heavy (non-hydrogen) atoms. The molecule has 0 spiro atoms. The van der Waals surface area contributed by atoms with E-state index in [1.54, 1.807) is 0 Å². The number of nitriles is 1. The maximum absolute atomic E-state index is 11.2. The van der Waals surface area contributed by atoms with E-state index in [2.05, 4.69) is 28.7 Å². The average Bonchev–Trinajstić information content (AvgIpc) is 2.20. The van der Waals surface area contributed by atoms with E-state index in [4.69, 9.17) is 16.9 Å². The van der Waals surface area contributed by atoms with E-state index in [-0.39, 0.29) is 12.2 Å². The highest BCUT2D eigenvalue weighted by atomic mass is 127. The number of hydrogen-bond donors (Lipinski definition) is 0.